The second-order valence-corrected chi connectivity index (χ2v) is 5.08. The number of rotatable bonds is 3. The predicted molar refractivity (Wildman–Crippen MR) is 125 cm³/mol. The minimum absolute atomic E-state index is 0.139. The number of carbonyl (C=O) groups is 1. The Hall–Kier alpha value is -1.73. The maximum Gasteiger partial charge on any atom is 0.257 e. The van der Waals surface area contributed by atoms with E-state index in [1.165, 1.54) is 11.3 Å². The number of nitrogens with one attached hydrogen (secondary N) is 1. The molecule has 1 aromatic heterocycles. The van der Waals surface area contributed by atoms with Crippen LogP contribution in [0.1, 0.15) is 38.1 Å². The Morgan fingerprint density at radius 3 is 1.92 bits per heavy atom. The molecule has 0 saturated heterocycles. The summed E-state index contributed by atoms with van der Waals surface area (Å²) in [6.45, 7) is 8.00. The van der Waals surface area contributed by atoms with E-state index in [2.05, 4.69) is 32.9 Å². The van der Waals surface area contributed by atoms with Crippen LogP contribution < -0.4 is 5.32 Å². The van der Waals surface area contributed by atoms with Gasteiger partial charge in [-0.1, -0.05) is 98.8 Å². The van der Waals surface area contributed by atoms with Gasteiger partial charge in [-0.2, -0.15) is 0 Å². The van der Waals surface area contributed by atoms with E-state index in [4.69, 9.17) is 0 Å². The van der Waals surface area contributed by atoms with Gasteiger partial charge in [0, 0.05) is 16.5 Å². The summed E-state index contributed by atoms with van der Waals surface area (Å²) in [5, 5.41) is 5.37. The lowest BCUT2D eigenvalue weighted by molar-refractivity contribution is 0.102. The highest BCUT2D eigenvalue weighted by atomic mass is 127. The van der Waals surface area contributed by atoms with Crippen LogP contribution >= 0.6 is 33.9 Å². The largest absolute Gasteiger partial charge is 0.298 e. The number of halogens is 1. The summed E-state index contributed by atoms with van der Waals surface area (Å²) < 4.78 is 0. The molecule has 1 amide bonds. The first kappa shape index (κ1) is 24.3. The molecule has 1 heterocycles. The highest BCUT2D eigenvalue weighted by Crippen LogP contribution is 2.24. The summed E-state index contributed by atoms with van der Waals surface area (Å²) in [6.07, 6.45) is 0. The zero-order valence-corrected chi connectivity index (χ0v) is 19.0. The topological polar surface area (TPSA) is 42.0 Å². The number of aromatic nitrogens is 1. The SMILES string of the molecule is CC.CC.CI.O=C(Nc1nc(-c2ccccc2)cs1)c1ccccc1. The zero-order valence-electron chi connectivity index (χ0n) is 16.0. The Bertz CT molecular complexity index is 715. The first-order valence-corrected chi connectivity index (χ1v) is 11.6. The highest BCUT2D eigenvalue weighted by molar-refractivity contribution is 14.1. The Morgan fingerprint density at radius 1 is 0.885 bits per heavy atom. The summed E-state index contributed by atoms with van der Waals surface area (Å²) in [6, 6.07) is 19.0. The lowest BCUT2D eigenvalue weighted by Crippen LogP contribution is -2.11. The van der Waals surface area contributed by atoms with Crippen LogP contribution in [0.5, 0.6) is 0 Å². The van der Waals surface area contributed by atoms with Crippen molar-refractivity contribution in [2.24, 2.45) is 0 Å². The van der Waals surface area contributed by atoms with E-state index < -0.39 is 0 Å². The number of amides is 1. The molecule has 0 bridgehead atoms. The molecule has 0 unspecified atom stereocenters. The second kappa shape index (κ2) is 15.5. The monoisotopic (exact) mass is 482 g/mol. The number of thiazole rings is 1. The quantitative estimate of drug-likeness (QED) is 0.318. The molecule has 0 saturated carbocycles. The van der Waals surface area contributed by atoms with Gasteiger partial charge in [-0.25, -0.2) is 4.98 Å². The average Bonchev–Trinajstić information content (AvgIpc) is 3.22. The maximum absolute atomic E-state index is 12.0. The summed E-state index contributed by atoms with van der Waals surface area (Å²) in [4.78, 5) is 18.4. The van der Waals surface area contributed by atoms with Crippen LogP contribution in [0.4, 0.5) is 5.13 Å². The number of carbonyl (C=O) groups excluding carboxylic acids is 1. The molecule has 5 heteroatoms. The fourth-order valence-electron chi connectivity index (χ4n) is 1.83. The summed E-state index contributed by atoms with van der Waals surface area (Å²) in [5.74, 6) is -0.139. The summed E-state index contributed by atoms with van der Waals surface area (Å²) in [5.41, 5.74) is 2.55. The van der Waals surface area contributed by atoms with Gasteiger partial charge in [0.25, 0.3) is 5.91 Å². The molecular formula is C21H27IN2OS. The Kier molecular flexibility index (Phi) is 14.5. The van der Waals surface area contributed by atoms with Gasteiger partial charge in [0.05, 0.1) is 5.69 Å². The van der Waals surface area contributed by atoms with Gasteiger partial charge in [-0.05, 0) is 17.1 Å². The fourth-order valence-corrected chi connectivity index (χ4v) is 2.55. The van der Waals surface area contributed by atoms with Crippen LogP contribution in [0.25, 0.3) is 11.3 Å². The van der Waals surface area contributed by atoms with Gasteiger partial charge in [-0.15, -0.1) is 11.3 Å². The van der Waals surface area contributed by atoms with Gasteiger partial charge < -0.3 is 0 Å². The van der Waals surface area contributed by atoms with Crippen molar-refractivity contribution in [1.29, 1.82) is 0 Å². The van der Waals surface area contributed by atoms with Crippen molar-refractivity contribution in [3.8, 4) is 11.3 Å². The molecule has 2 aromatic carbocycles. The Balaban J connectivity index is 0.000000948. The molecule has 0 aliphatic rings. The van der Waals surface area contributed by atoms with E-state index in [9.17, 15) is 4.79 Å². The number of hydrogen-bond acceptors (Lipinski definition) is 3. The lowest BCUT2D eigenvalue weighted by atomic mass is 10.2. The zero-order chi connectivity index (χ0) is 19.8. The van der Waals surface area contributed by atoms with Crippen LogP contribution in [0.15, 0.2) is 66.0 Å². The molecular weight excluding hydrogens is 455 g/mol. The van der Waals surface area contributed by atoms with E-state index in [-0.39, 0.29) is 5.91 Å². The van der Waals surface area contributed by atoms with Gasteiger partial charge >= 0.3 is 0 Å². The van der Waals surface area contributed by atoms with E-state index in [1.807, 2.05) is 86.5 Å². The molecule has 3 aromatic rings. The third-order valence-corrected chi connectivity index (χ3v) is 3.59. The minimum Gasteiger partial charge on any atom is -0.298 e. The summed E-state index contributed by atoms with van der Waals surface area (Å²) >= 11 is 3.57. The van der Waals surface area contributed by atoms with Crippen molar-refractivity contribution >= 4 is 45.0 Å². The third-order valence-electron chi connectivity index (χ3n) is 2.83. The molecule has 0 aliphatic carbocycles. The van der Waals surface area contributed by atoms with E-state index >= 15 is 0 Å². The van der Waals surface area contributed by atoms with Gasteiger partial charge in [0.2, 0.25) is 0 Å². The van der Waals surface area contributed by atoms with E-state index in [0.717, 1.165) is 11.3 Å². The molecule has 26 heavy (non-hydrogen) atoms. The first-order valence-electron chi connectivity index (χ1n) is 8.58. The highest BCUT2D eigenvalue weighted by Gasteiger charge is 2.09. The summed E-state index contributed by atoms with van der Waals surface area (Å²) in [7, 11) is 0. The van der Waals surface area contributed by atoms with Crippen molar-refractivity contribution < 1.29 is 4.79 Å². The number of benzene rings is 2. The van der Waals surface area contributed by atoms with Crippen molar-refractivity contribution in [2.45, 2.75) is 27.7 Å². The molecule has 1 N–H and O–H groups in total. The number of alkyl halides is 1. The number of nitrogens with zero attached hydrogens (tertiary/aromatic N) is 1. The molecule has 0 atom stereocenters. The molecule has 0 aliphatic heterocycles. The third kappa shape index (κ3) is 8.10. The van der Waals surface area contributed by atoms with Gasteiger partial charge in [0.1, 0.15) is 0 Å². The molecule has 0 fully saturated rings. The van der Waals surface area contributed by atoms with Gasteiger partial charge in [0.15, 0.2) is 5.13 Å². The van der Waals surface area contributed by atoms with Crippen LogP contribution in [0, 0.1) is 0 Å². The van der Waals surface area contributed by atoms with Crippen molar-refractivity contribution in [3.05, 3.63) is 71.6 Å². The van der Waals surface area contributed by atoms with Crippen LogP contribution in [-0.2, 0) is 0 Å². The van der Waals surface area contributed by atoms with Crippen molar-refractivity contribution in [1.82, 2.24) is 4.98 Å². The predicted octanol–water partition coefficient (Wildman–Crippen LogP) is 7.17. The average molecular weight is 482 g/mol. The molecule has 0 spiro atoms. The number of hydrogen-bond donors (Lipinski definition) is 1. The van der Waals surface area contributed by atoms with Crippen LogP contribution in [0.3, 0.4) is 0 Å². The molecule has 3 nitrogen and oxygen atoms in total. The van der Waals surface area contributed by atoms with Gasteiger partial charge in [-0.3, -0.25) is 10.1 Å². The fraction of sp³-hybridized carbons (Fsp3) is 0.238. The van der Waals surface area contributed by atoms with E-state index in [1.54, 1.807) is 12.1 Å². The van der Waals surface area contributed by atoms with Crippen LogP contribution in [0.2, 0.25) is 0 Å². The lowest BCUT2D eigenvalue weighted by Gasteiger charge is -2.00. The standard InChI is InChI=1S/C16H12N2OS.2C2H6.CH3I/c19-15(13-9-5-2-6-10-13)18-16-17-14(11-20-16)12-7-3-1-4-8-12;3*1-2/h1-11H,(H,17,18,19);2*1-2H3;1H3. The molecule has 0 radical (unpaired) electrons. The second-order valence-electron chi connectivity index (χ2n) is 4.22. The van der Waals surface area contributed by atoms with Crippen LogP contribution in [-0.4, -0.2) is 15.8 Å². The smallest absolute Gasteiger partial charge is 0.257 e. The number of anilines is 1. The molecule has 3 rings (SSSR count). The minimum atomic E-state index is -0.139. The Morgan fingerprint density at radius 2 is 1.38 bits per heavy atom. The first-order chi connectivity index (χ1) is 12.8. The maximum atomic E-state index is 12.0. The van der Waals surface area contributed by atoms with Crippen molar-refractivity contribution in [2.75, 3.05) is 10.2 Å². The Labute approximate surface area is 175 Å². The normalized spacial score (nSPS) is 8.54. The molecule has 140 valence electrons. The van der Waals surface area contributed by atoms with E-state index in [0.29, 0.717) is 10.7 Å². The van der Waals surface area contributed by atoms with Crippen molar-refractivity contribution in [3.63, 3.8) is 0 Å².